The van der Waals surface area contributed by atoms with Crippen LogP contribution in [-0.2, 0) is 19.9 Å². The Morgan fingerprint density at radius 3 is 2.94 bits per heavy atom. The van der Waals surface area contributed by atoms with Crippen molar-refractivity contribution in [2.75, 3.05) is 17.6 Å². The van der Waals surface area contributed by atoms with Crippen molar-refractivity contribution in [3.63, 3.8) is 0 Å². The Hall–Kier alpha value is -1.56. The molecule has 5 nitrogen and oxygen atoms in total. The molecule has 0 saturated carbocycles. The maximum Gasteiger partial charge on any atom is 0.147 e. The number of nitrogens with one attached hydrogen (secondary N) is 1. The van der Waals surface area contributed by atoms with Gasteiger partial charge in [0.25, 0.3) is 0 Å². The molecule has 0 fully saturated rings. The van der Waals surface area contributed by atoms with Crippen LogP contribution in [0.4, 0.5) is 11.5 Å². The molecule has 0 spiro atoms. The van der Waals surface area contributed by atoms with Crippen LogP contribution in [0.25, 0.3) is 0 Å². The smallest absolute Gasteiger partial charge is 0.147 e. The van der Waals surface area contributed by atoms with Crippen molar-refractivity contribution >= 4 is 22.8 Å². The Morgan fingerprint density at radius 1 is 1.53 bits per heavy atom. The number of hydrogen-bond acceptors (Lipinski definition) is 5. The van der Waals surface area contributed by atoms with Crippen LogP contribution in [0.15, 0.2) is 11.6 Å². The van der Waals surface area contributed by atoms with Crippen molar-refractivity contribution in [2.24, 2.45) is 7.05 Å². The maximum atomic E-state index is 6.02. The van der Waals surface area contributed by atoms with Crippen molar-refractivity contribution in [3.8, 4) is 0 Å². The molecule has 0 aliphatic heterocycles. The topological polar surface area (TPSA) is 68.8 Å². The van der Waals surface area contributed by atoms with Crippen molar-refractivity contribution in [2.45, 2.75) is 19.8 Å². The third kappa shape index (κ3) is 2.58. The van der Waals surface area contributed by atoms with E-state index in [1.54, 1.807) is 16.0 Å². The van der Waals surface area contributed by atoms with Crippen LogP contribution in [0.1, 0.15) is 17.6 Å². The molecular weight excluding hydrogens is 234 g/mol. The van der Waals surface area contributed by atoms with Gasteiger partial charge >= 0.3 is 0 Å². The lowest BCUT2D eigenvalue weighted by molar-refractivity contribution is 0.747. The third-order valence-corrected chi connectivity index (χ3v) is 3.45. The summed E-state index contributed by atoms with van der Waals surface area (Å²) in [6.45, 7) is 2.87. The van der Waals surface area contributed by atoms with Crippen molar-refractivity contribution in [1.29, 1.82) is 0 Å². The summed E-state index contributed by atoms with van der Waals surface area (Å²) >= 11 is 1.67. The molecule has 0 radical (unpaired) electrons. The fourth-order valence-corrected chi connectivity index (χ4v) is 2.35. The SMILES string of the molecule is CCc1nn(C)c(NCCc2nccs2)c1N. The Kier molecular flexibility index (Phi) is 3.63. The number of anilines is 2. The average Bonchev–Trinajstić information content (AvgIpc) is 2.91. The first-order chi connectivity index (χ1) is 8.22. The van der Waals surface area contributed by atoms with Gasteiger partial charge in [0.1, 0.15) is 5.82 Å². The van der Waals surface area contributed by atoms with E-state index in [0.29, 0.717) is 0 Å². The van der Waals surface area contributed by atoms with Gasteiger partial charge in [0.2, 0.25) is 0 Å². The van der Waals surface area contributed by atoms with Crippen LogP contribution >= 0.6 is 11.3 Å². The molecule has 2 aromatic rings. The molecule has 0 atom stereocenters. The number of rotatable bonds is 5. The molecule has 2 heterocycles. The van der Waals surface area contributed by atoms with Gasteiger partial charge in [-0.25, -0.2) is 4.98 Å². The summed E-state index contributed by atoms with van der Waals surface area (Å²) in [6.07, 6.45) is 3.59. The predicted molar refractivity (Wildman–Crippen MR) is 71.3 cm³/mol. The summed E-state index contributed by atoms with van der Waals surface area (Å²) in [4.78, 5) is 4.24. The molecule has 0 aliphatic carbocycles. The van der Waals surface area contributed by atoms with Crippen molar-refractivity contribution in [3.05, 3.63) is 22.3 Å². The van der Waals surface area contributed by atoms with E-state index in [2.05, 4.69) is 22.3 Å². The highest BCUT2D eigenvalue weighted by atomic mass is 32.1. The van der Waals surface area contributed by atoms with E-state index in [1.807, 2.05) is 18.6 Å². The van der Waals surface area contributed by atoms with Crippen molar-refractivity contribution < 1.29 is 0 Å². The van der Waals surface area contributed by atoms with Crippen LogP contribution in [0.5, 0.6) is 0 Å². The molecule has 6 heteroatoms. The minimum absolute atomic E-state index is 0.758. The average molecular weight is 251 g/mol. The number of aryl methyl sites for hydroxylation is 2. The van der Waals surface area contributed by atoms with Gasteiger partial charge in [-0.1, -0.05) is 6.92 Å². The van der Waals surface area contributed by atoms with Gasteiger partial charge in [0.05, 0.1) is 16.4 Å². The predicted octanol–water partition coefficient (Wildman–Crippen LogP) is 1.68. The first-order valence-electron chi connectivity index (χ1n) is 5.66. The molecule has 0 bridgehead atoms. The number of nitrogen functional groups attached to an aromatic ring is 1. The summed E-state index contributed by atoms with van der Waals surface area (Å²) in [6, 6.07) is 0. The monoisotopic (exact) mass is 251 g/mol. The first kappa shape index (κ1) is 11.9. The van der Waals surface area contributed by atoms with Crippen LogP contribution in [0.3, 0.4) is 0 Å². The van der Waals surface area contributed by atoms with E-state index < -0.39 is 0 Å². The van der Waals surface area contributed by atoms with Gasteiger partial charge in [-0.3, -0.25) is 4.68 Å². The first-order valence-corrected chi connectivity index (χ1v) is 6.54. The largest absolute Gasteiger partial charge is 0.394 e. The lowest BCUT2D eigenvalue weighted by Crippen LogP contribution is -2.09. The summed E-state index contributed by atoms with van der Waals surface area (Å²) in [5.74, 6) is 0.901. The van der Waals surface area contributed by atoms with E-state index in [1.165, 1.54) is 0 Å². The quantitative estimate of drug-likeness (QED) is 0.848. The molecule has 0 saturated heterocycles. The Labute approximate surface area is 105 Å². The molecule has 2 rings (SSSR count). The van der Waals surface area contributed by atoms with E-state index >= 15 is 0 Å². The number of nitrogens with zero attached hydrogens (tertiary/aromatic N) is 3. The van der Waals surface area contributed by atoms with E-state index in [0.717, 1.165) is 41.6 Å². The van der Waals surface area contributed by atoms with Crippen molar-refractivity contribution in [1.82, 2.24) is 14.8 Å². The Morgan fingerprint density at radius 2 is 2.35 bits per heavy atom. The maximum absolute atomic E-state index is 6.02. The molecule has 0 unspecified atom stereocenters. The normalized spacial score (nSPS) is 10.7. The summed E-state index contributed by atoms with van der Waals surface area (Å²) in [7, 11) is 1.90. The summed E-state index contributed by atoms with van der Waals surface area (Å²) in [5.41, 5.74) is 7.72. The van der Waals surface area contributed by atoms with Crippen LogP contribution in [0, 0.1) is 0 Å². The molecule has 2 aromatic heterocycles. The van der Waals surface area contributed by atoms with Crippen LogP contribution < -0.4 is 11.1 Å². The van der Waals surface area contributed by atoms with Crippen LogP contribution in [0.2, 0.25) is 0 Å². The third-order valence-electron chi connectivity index (χ3n) is 2.61. The molecule has 17 heavy (non-hydrogen) atoms. The zero-order chi connectivity index (χ0) is 12.3. The number of nitrogens with two attached hydrogens (primary N) is 1. The molecule has 0 aliphatic rings. The van der Waals surface area contributed by atoms with Crippen LogP contribution in [-0.4, -0.2) is 21.3 Å². The molecular formula is C11H17N5S. The lowest BCUT2D eigenvalue weighted by Gasteiger charge is -2.06. The number of thiazole rings is 1. The van der Waals surface area contributed by atoms with Gasteiger partial charge < -0.3 is 11.1 Å². The lowest BCUT2D eigenvalue weighted by atomic mass is 10.3. The van der Waals surface area contributed by atoms with Gasteiger partial charge in [-0.2, -0.15) is 5.10 Å². The minimum Gasteiger partial charge on any atom is -0.394 e. The molecule has 3 N–H and O–H groups in total. The number of hydrogen-bond donors (Lipinski definition) is 2. The second kappa shape index (κ2) is 5.18. The van der Waals surface area contributed by atoms with E-state index in [4.69, 9.17) is 5.73 Å². The zero-order valence-corrected chi connectivity index (χ0v) is 10.9. The van der Waals surface area contributed by atoms with Gasteiger partial charge in [-0.05, 0) is 6.42 Å². The standard InChI is InChI=1S/C11H17N5S/c1-3-8-10(12)11(16(2)15-8)14-5-4-9-13-6-7-17-9/h6-7,14H,3-5,12H2,1-2H3. The minimum atomic E-state index is 0.758. The van der Waals surface area contributed by atoms with Gasteiger partial charge in [0, 0.05) is 31.6 Å². The highest BCUT2D eigenvalue weighted by molar-refractivity contribution is 7.09. The Bertz CT molecular complexity index is 474. The summed E-state index contributed by atoms with van der Waals surface area (Å²) < 4.78 is 1.80. The highest BCUT2D eigenvalue weighted by Gasteiger charge is 2.10. The van der Waals surface area contributed by atoms with E-state index in [9.17, 15) is 0 Å². The van der Waals surface area contributed by atoms with Gasteiger partial charge in [0.15, 0.2) is 0 Å². The fourth-order valence-electron chi connectivity index (χ4n) is 1.73. The molecule has 0 aromatic carbocycles. The highest BCUT2D eigenvalue weighted by Crippen LogP contribution is 2.22. The summed E-state index contributed by atoms with van der Waals surface area (Å²) in [5, 5.41) is 10.8. The fraction of sp³-hybridized carbons (Fsp3) is 0.455. The number of aromatic nitrogens is 3. The molecule has 0 amide bonds. The van der Waals surface area contributed by atoms with Gasteiger partial charge in [-0.15, -0.1) is 11.3 Å². The molecule has 92 valence electrons. The Balaban J connectivity index is 1.97. The van der Waals surface area contributed by atoms with E-state index in [-0.39, 0.29) is 0 Å². The zero-order valence-electron chi connectivity index (χ0n) is 10.1. The second-order valence-corrected chi connectivity index (χ2v) is 4.77. The second-order valence-electron chi connectivity index (χ2n) is 3.79.